The molecule has 2 aliphatic rings. The van der Waals surface area contributed by atoms with Crippen molar-refractivity contribution in [2.45, 2.75) is 38.0 Å². The zero-order valence-electron chi connectivity index (χ0n) is 12.7. The number of fused-ring (bicyclic) bond motifs is 1. The van der Waals surface area contributed by atoms with E-state index in [0.29, 0.717) is 0 Å². The minimum atomic E-state index is -1.35. The maximum Gasteiger partial charge on any atom is 0.317 e. The number of nitro groups is 1. The maximum atomic E-state index is 11.8. The number of nitrogens with zero attached hydrogens (tertiary/aromatic N) is 1. The van der Waals surface area contributed by atoms with Gasteiger partial charge >= 0.3 is 5.70 Å². The van der Waals surface area contributed by atoms with Gasteiger partial charge < -0.3 is 15.2 Å². The standard InChI is InChI=1S/C16H18N2O4/c1-10(19)11-8-9-22-16(14(11)18(20)21)15(2,3)12-6-4-5-7-13(12)17-16/h4-10,17,19H,1-3H3. The highest BCUT2D eigenvalue weighted by atomic mass is 16.6. The van der Waals surface area contributed by atoms with Crippen LogP contribution >= 0.6 is 0 Å². The minimum absolute atomic E-state index is 0.147. The fraction of sp³-hybridized carbons (Fsp3) is 0.375. The van der Waals surface area contributed by atoms with Crippen molar-refractivity contribution in [2.75, 3.05) is 5.32 Å². The summed E-state index contributed by atoms with van der Waals surface area (Å²) < 4.78 is 5.78. The first-order valence-electron chi connectivity index (χ1n) is 7.10. The van der Waals surface area contributed by atoms with Crippen LogP contribution in [-0.4, -0.2) is 21.9 Å². The third kappa shape index (κ3) is 1.70. The fourth-order valence-electron chi connectivity index (χ4n) is 3.32. The Morgan fingerprint density at radius 3 is 2.64 bits per heavy atom. The fourth-order valence-corrected chi connectivity index (χ4v) is 3.32. The third-order valence-corrected chi connectivity index (χ3v) is 4.52. The van der Waals surface area contributed by atoms with Crippen LogP contribution in [0.4, 0.5) is 5.69 Å². The van der Waals surface area contributed by atoms with Gasteiger partial charge in [-0.15, -0.1) is 0 Å². The van der Waals surface area contributed by atoms with Crippen molar-refractivity contribution in [3.63, 3.8) is 0 Å². The van der Waals surface area contributed by atoms with E-state index in [1.165, 1.54) is 19.3 Å². The van der Waals surface area contributed by atoms with Crippen LogP contribution in [0.1, 0.15) is 26.3 Å². The molecular formula is C16H18N2O4. The van der Waals surface area contributed by atoms with E-state index in [0.717, 1.165) is 11.3 Å². The monoisotopic (exact) mass is 302 g/mol. The number of nitrogens with one attached hydrogen (secondary N) is 1. The number of anilines is 1. The molecule has 0 aliphatic carbocycles. The van der Waals surface area contributed by atoms with Gasteiger partial charge in [-0.05, 0) is 38.5 Å². The number of aliphatic hydroxyl groups is 1. The molecule has 1 aromatic carbocycles. The first-order valence-corrected chi connectivity index (χ1v) is 7.10. The average Bonchev–Trinajstić information content (AvgIpc) is 2.67. The molecule has 6 nitrogen and oxygen atoms in total. The van der Waals surface area contributed by atoms with Crippen LogP contribution in [0.15, 0.2) is 47.9 Å². The molecule has 2 N–H and O–H groups in total. The number of aliphatic hydroxyl groups excluding tert-OH is 1. The molecule has 0 bridgehead atoms. The maximum absolute atomic E-state index is 11.8. The smallest absolute Gasteiger partial charge is 0.317 e. The van der Waals surface area contributed by atoms with E-state index in [4.69, 9.17) is 4.74 Å². The molecular weight excluding hydrogens is 284 g/mol. The summed E-state index contributed by atoms with van der Waals surface area (Å²) in [4.78, 5) is 11.3. The number of hydrogen-bond acceptors (Lipinski definition) is 5. The molecule has 0 aromatic heterocycles. The second kappa shape index (κ2) is 4.58. The van der Waals surface area contributed by atoms with Gasteiger partial charge in [-0.2, -0.15) is 0 Å². The van der Waals surface area contributed by atoms with Gasteiger partial charge in [0.25, 0.3) is 5.72 Å². The number of hydrogen-bond donors (Lipinski definition) is 2. The van der Waals surface area contributed by atoms with Crippen molar-refractivity contribution in [2.24, 2.45) is 0 Å². The Kier molecular flexibility index (Phi) is 3.04. The highest BCUT2D eigenvalue weighted by Gasteiger charge is 2.63. The minimum Gasteiger partial charge on any atom is -0.464 e. The Balaban J connectivity index is 2.27. The largest absolute Gasteiger partial charge is 0.464 e. The molecule has 1 aromatic rings. The lowest BCUT2D eigenvalue weighted by Gasteiger charge is -2.40. The van der Waals surface area contributed by atoms with Gasteiger partial charge in [0, 0.05) is 5.69 Å². The molecule has 116 valence electrons. The predicted molar refractivity (Wildman–Crippen MR) is 81.7 cm³/mol. The number of benzene rings is 1. The summed E-state index contributed by atoms with van der Waals surface area (Å²) in [5.74, 6) is 0. The molecule has 0 amide bonds. The second-order valence-electron chi connectivity index (χ2n) is 6.13. The van der Waals surface area contributed by atoms with Gasteiger partial charge in [-0.3, -0.25) is 10.1 Å². The summed E-state index contributed by atoms with van der Waals surface area (Å²) in [7, 11) is 0. The normalized spacial score (nSPS) is 26.4. The quantitative estimate of drug-likeness (QED) is 0.648. The van der Waals surface area contributed by atoms with Crippen molar-refractivity contribution in [1.29, 1.82) is 0 Å². The van der Waals surface area contributed by atoms with Crippen LogP contribution in [0, 0.1) is 10.1 Å². The number of ether oxygens (including phenoxy) is 1. The van der Waals surface area contributed by atoms with E-state index in [2.05, 4.69) is 5.32 Å². The topological polar surface area (TPSA) is 84.6 Å². The Morgan fingerprint density at radius 1 is 1.36 bits per heavy atom. The van der Waals surface area contributed by atoms with Crippen molar-refractivity contribution in [1.82, 2.24) is 0 Å². The van der Waals surface area contributed by atoms with Crippen LogP contribution in [-0.2, 0) is 10.2 Å². The molecule has 6 heteroatoms. The van der Waals surface area contributed by atoms with E-state index in [-0.39, 0.29) is 11.3 Å². The summed E-state index contributed by atoms with van der Waals surface area (Å²) in [5.41, 5.74) is -0.185. The Morgan fingerprint density at radius 2 is 2.05 bits per heavy atom. The molecule has 2 atom stereocenters. The van der Waals surface area contributed by atoms with Crippen LogP contribution in [0.2, 0.25) is 0 Å². The summed E-state index contributed by atoms with van der Waals surface area (Å²) >= 11 is 0. The predicted octanol–water partition coefficient (Wildman–Crippen LogP) is 2.54. The molecule has 0 fully saturated rings. The summed E-state index contributed by atoms with van der Waals surface area (Å²) in [5, 5.41) is 24.9. The van der Waals surface area contributed by atoms with Gasteiger partial charge in [-0.25, -0.2) is 0 Å². The molecule has 3 rings (SSSR count). The number of para-hydroxylation sites is 1. The van der Waals surface area contributed by atoms with E-state index >= 15 is 0 Å². The highest BCUT2D eigenvalue weighted by molar-refractivity contribution is 5.66. The van der Waals surface area contributed by atoms with Gasteiger partial charge in [0.2, 0.25) is 0 Å². The third-order valence-electron chi connectivity index (χ3n) is 4.52. The Labute approximate surface area is 128 Å². The molecule has 1 spiro atoms. The van der Waals surface area contributed by atoms with Crippen LogP contribution in [0.25, 0.3) is 0 Å². The molecule has 0 radical (unpaired) electrons. The first kappa shape index (κ1) is 14.6. The van der Waals surface area contributed by atoms with E-state index in [9.17, 15) is 15.2 Å². The molecule has 22 heavy (non-hydrogen) atoms. The Bertz CT molecular complexity index is 706. The average molecular weight is 302 g/mol. The van der Waals surface area contributed by atoms with Gasteiger partial charge in [0.1, 0.15) is 0 Å². The summed E-state index contributed by atoms with van der Waals surface area (Å²) in [6.07, 6.45) is 1.91. The lowest BCUT2D eigenvalue weighted by atomic mass is 9.74. The van der Waals surface area contributed by atoms with Gasteiger partial charge in [0.05, 0.1) is 28.3 Å². The van der Waals surface area contributed by atoms with Crippen LogP contribution in [0.5, 0.6) is 0 Å². The SMILES string of the molecule is CC(O)C1=C([N+](=O)[O-])C2(Nc3ccccc3C2(C)C)OC=C1. The lowest BCUT2D eigenvalue weighted by Crippen LogP contribution is -2.55. The van der Waals surface area contributed by atoms with Crippen molar-refractivity contribution >= 4 is 5.69 Å². The van der Waals surface area contributed by atoms with Gasteiger partial charge in [0.15, 0.2) is 0 Å². The summed E-state index contributed by atoms with van der Waals surface area (Å²) in [6.45, 7) is 5.31. The Hall–Kier alpha value is -2.34. The van der Waals surface area contributed by atoms with Crippen molar-refractivity contribution in [3.05, 3.63) is 63.6 Å². The van der Waals surface area contributed by atoms with Crippen molar-refractivity contribution in [3.8, 4) is 0 Å². The lowest BCUT2D eigenvalue weighted by molar-refractivity contribution is -0.447. The summed E-state index contributed by atoms with van der Waals surface area (Å²) in [6, 6.07) is 7.56. The van der Waals surface area contributed by atoms with Crippen LogP contribution < -0.4 is 5.32 Å². The zero-order valence-corrected chi connectivity index (χ0v) is 12.7. The van der Waals surface area contributed by atoms with E-state index < -0.39 is 22.2 Å². The van der Waals surface area contributed by atoms with E-state index in [1.54, 1.807) is 0 Å². The molecule has 0 saturated carbocycles. The highest BCUT2D eigenvalue weighted by Crippen LogP contribution is 2.53. The molecule has 0 saturated heterocycles. The van der Waals surface area contributed by atoms with Crippen molar-refractivity contribution < 1.29 is 14.8 Å². The molecule has 2 aliphatic heterocycles. The number of rotatable bonds is 2. The molecule has 2 unspecified atom stereocenters. The molecule has 2 heterocycles. The zero-order chi connectivity index (χ0) is 16.1. The second-order valence-corrected chi connectivity index (χ2v) is 6.13. The first-order chi connectivity index (χ1) is 10.3. The van der Waals surface area contributed by atoms with Crippen LogP contribution in [0.3, 0.4) is 0 Å². The van der Waals surface area contributed by atoms with E-state index in [1.807, 2.05) is 38.1 Å². The van der Waals surface area contributed by atoms with Gasteiger partial charge in [-0.1, -0.05) is 18.2 Å².